The van der Waals surface area contributed by atoms with Gasteiger partial charge in [-0.2, -0.15) is 0 Å². The van der Waals surface area contributed by atoms with Gasteiger partial charge in [0.1, 0.15) is 0 Å². The molecule has 224 valence electrons. The lowest BCUT2D eigenvalue weighted by Gasteiger charge is -2.56. The summed E-state index contributed by atoms with van der Waals surface area (Å²) in [5, 5.41) is 24.3. The van der Waals surface area contributed by atoms with Gasteiger partial charge in [-0.05, 0) is 101 Å². The highest BCUT2D eigenvalue weighted by atomic mass is 28.4. The smallest absolute Gasteiger partial charge is 0.261 e. The van der Waals surface area contributed by atoms with E-state index >= 15 is 0 Å². The molecule has 0 heterocycles. The zero-order valence-electron chi connectivity index (χ0n) is 26.2. The largest absolute Gasteiger partial charge is 0.407 e. The Kier molecular flexibility index (Phi) is 8.81. The van der Waals surface area contributed by atoms with E-state index in [1.165, 1.54) is 22.4 Å². The SMILES string of the molecule is C=C1CCC2[C@H](CO)C([C@@]3(C)CC[C@H](O)C[C@@H]3CCO[Si](c3ccccc3)(c3ccccc3)C(C)(C)C)CC[C@]12C. The molecule has 3 aliphatic rings. The van der Waals surface area contributed by atoms with Crippen molar-refractivity contribution in [3.05, 3.63) is 72.8 Å². The summed E-state index contributed by atoms with van der Waals surface area (Å²) in [6.45, 7) is 17.3. The third kappa shape index (κ3) is 5.32. The second-order valence-corrected chi connectivity index (χ2v) is 19.4. The van der Waals surface area contributed by atoms with Crippen LogP contribution in [0.15, 0.2) is 72.8 Å². The summed E-state index contributed by atoms with van der Waals surface area (Å²) in [4.78, 5) is 0. The van der Waals surface area contributed by atoms with E-state index in [1.54, 1.807) is 0 Å². The van der Waals surface area contributed by atoms with Crippen molar-refractivity contribution in [2.24, 2.45) is 34.5 Å². The second-order valence-electron chi connectivity index (χ2n) is 15.1. The molecular weight excluding hydrogens is 520 g/mol. The van der Waals surface area contributed by atoms with Crippen molar-refractivity contribution in [1.82, 2.24) is 0 Å². The zero-order valence-corrected chi connectivity index (χ0v) is 27.2. The first-order valence-electron chi connectivity index (χ1n) is 16.2. The van der Waals surface area contributed by atoms with Gasteiger partial charge in [0.2, 0.25) is 0 Å². The van der Waals surface area contributed by atoms with Gasteiger partial charge >= 0.3 is 0 Å². The van der Waals surface area contributed by atoms with Crippen molar-refractivity contribution in [3.63, 3.8) is 0 Å². The van der Waals surface area contributed by atoms with Gasteiger partial charge in [0.15, 0.2) is 0 Å². The predicted octanol–water partition coefficient (Wildman–Crippen LogP) is 7.11. The van der Waals surface area contributed by atoms with E-state index in [0.717, 1.165) is 44.9 Å². The summed E-state index contributed by atoms with van der Waals surface area (Å²) in [7, 11) is -2.60. The molecule has 3 saturated carbocycles. The average molecular weight is 575 g/mol. The number of aliphatic hydroxyl groups excluding tert-OH is 2. The van der Waals surface area contributed by atoms with E-state index < -0.39 is 8.32 Å². The van der Waals surface area contributed by atoms with Gasteiger partial charge in [0, 0.05) is 13.2 Å². The highest BCUT2D eigenvalue weighted by Crippen LogP contribution is 2.63. The van der Waals surface area contributed by atoms with Crippen molar-refractivity contribution in [3.8, 4) is 0 Å². The van der Waals surface area contributed by atoms with Crippen LogP contribution in [-0.4, -0.2) is 37.8 Å². The summed E-state index contributed by atoms with van der Waals surface area (Å²) in [5.41, 5.74) is 1.67. The molecular formula is C37H54O3Si. The summed E-state index contributed by atoms with van der Waals surface area (Å²) in [6, 6.07) is 21.8. The minimum Gasteiger partial charge on any atom is -0.407 e. The Morgan fingerprint density at radius 2 is 1.51 bits per heavy atom. The Bertz CT molecular complexity index is 1130. The van der Waals surface area contributed by atoms with Crippen LogP contribution in [0.1, 0.15) is 86.0 Å². The molecule has 2 N–H and O–H groups in total. The van der Waals surface area contributed by atoms with Gasteiger partial charge < -0.3 is 14.6 Å². The fourth-order valence-electron chi connectivity index (χ4n) is 9.72. The van der Waals surface area contributed by atoms with Gasteiger partial charge in [-0.3, -0.25) is 0 Å². The van der Waals surface area contributed by atoms with Gasteiger partial charge in [0.25, 0.3) is 8.32 Å². The minimum atomic E-state index is -2.60. The van der Waals surface area contributed by atoms with Crippen LogP contribution < -0.4 is 10.4 Å². The predicted molar refractivity (Wildman–Crippen MR) is 173 cm³/mol. The van der Waals surface area contributed by atoms with E-state index in [4.69, 9.17) is 4.43 Å². The third-order valence-corrected chi connectivity index (χ3v) is 17.2. The van der Waals surface area contributed by atoms with Crippen molar-refractivity contribution in [2.45, 2.75) is 97.1 Å². The van der Waals surface area contributed by atoms with E-state index in [1.807, 2.05) is 0 Å². The Morgan fingerprint density at radius 3 is 2.07 bits per heavy atom. The number of fused-ring (bicyclic) bond motifs is 1. The molecule has 3 nitrogen and oxygen atoms in total. The maximum atomic E-state index is 10.9. The van der Waals surface area contributed by atoms with E-state index in [0.29, 0.717) is 30.3 Å². The van der Waals surface area contributed by atoms with Crippen LogP contribution in [0.5, 0.6) is 0 Å². The Balaban J connectivity index is 1.43. The molecule has 2 aromatic carbocycles. The highest BCUT2D eigenvalue weighted by molar-refractivity contribution is 6.99. The Morgan fingerprint density at radius 1 is 0.902 bits per heavy atom. The van der Waals surface area contributed by atoms with Crippen LogP contribution in [0.3, 0.4) is 0 Å². The fraction of sp³-hybridized carbons (Fsp3) is 0.622. The van der Waals surface area contributed by atoms with Gasteiger partial charge in [-0.25, -0.2) is 0 Å². The molecule has 41 heavy (non-hydrogen) atoms. The number of aliphatic hydroxyl groups is 2. The summed E-state index contributed by atoms with van der Waals surface area (Å²) in [6.07, 6.45) is 8.04. The standard InChI is InChI=1S/C37H54O3Si/c1-27-17-18-33-32(26-38)34(20-23-36(27,33)5)37(6)22-19-29(39)25-28(37)21-24-40-41(35(2,3)4,30-13-9-7-10-14-30)31-15-11-8-12-16-31/h7-16,28-29,32-34,38-39H,1,17-26H2,2-6H3/t28-,29-,32-,33?,34?,36+,37-/m0/s1. The number of hydrogen-bond acceptors (Lipinski definition) is 3. The van der Waals surface area contributed by atoms with E-state index in [-0.39, 0.29) is 28.6 Å². The molecule has 3 fully saturated rings. The van der Waals surface area contributed by atoms with Crippen molar-refractivity contribution >= 4 is 18.7 Å². The first kappa shape index (κ1) is 30.7. The summed E-state index contributed by atoms with van der Waals surface area (Å²) >= 11 is 0. The molecule has 4 heteroatoms. The lowest BCUT2D eigenvalue weighted by Crippen LogP contribution is -2.66. The first-order valence-corrected chi connectivity index (χ1v) is 18.1. The quantitative estimate of drug-likeness (QED) is 0.261. The zero-order chi connectivity index (χ0) is 29.5. The number of benzene rings is 2. The number of rotatable bonds is 8. The van der Waals surface area contributed by atoms with Gasteiger partial charge in [-0.1, -0.05) is 107 Å². The molecule has 0 bridgehead atoms. The monoisotopic (exact) mass is 574 g/mol. The minimum absolute atomic E-state index is 0.0498. The number of allylic oxidation sites excluding steroid dienone is 1. The first-order chi connectivity index (χ1) is 19.5. The second kappa shape index (κ2) is 11.8. The van der Waals surface area contributed by atoms with Gasteiger partial charge in [0.05, 0.1) is 6.10 Å². The Hall–Kier alpha value is -1.72. The fourth-order valence-corrected chi connectivity index (χ4v) is 14.3. The highest BCUT2D eigenvalue weighted by Gasteiger charge is 2.57. The normalized spacial score (nSPS) is 34.4. The van der Waals surface area contributed by atoms with Crippen LogP contribution in [-0.2, 0) is 4.43 Å². The molecule has 2 aromatic rings. The maximum absolute atomic E-state index is 10.9. The Labute approximate surface area is 250 Å². The van der Waals surface area contributed by atoms with Crippen molar-refractivity contribution in [1.29, 1.82) is 0 Å². The molecule has 0 spiro atoms. The van der Waals surface area contributed by atoms with E-state index in [9.17, 15) is 10.2 Å². The lowest BCUT2D eigenvalue weighted by molar-refractivity contribution is -0.0974. The van der Waals surface area contributed by atoms with Crippen LogP contribution in [0, 0.1) is 34.5 Å². The molecule has 5 rings (SSSR count). The molecule has 0 amide bonds. The van der Waals surface area contributed by atoms with E-state index in [2.05, 4.69) is 102 Å². The van der Waals surface area contributed by atoms with Crippen LogP contribution in [0.4, 0.5) is 0 Å². The maximum Gasteiger partial charge on any atom is 0.261 e. The summed E-state index contributed by atoms with van der Waals surface area (Å²) in [5.74, 6) is 1.68. The number of hydrogen-bond donors (Lipinski definition) is 2. The molecule has 7 atom stereocenters. The third-order valence-electron chi connectivity index (χ3n) is 12.2. The molecule has 3 aliphatic carbocycles. The van der Waals surface area contributed by atoms with Crippen LogP contribution in [0.2, 0.25) is 5.04 Å². The van der Waals surface area contributed by atoms with Crippen molar-refractivity contribution < 1.29 is 14.6 Å². The topological polar surface area (TPSA) is 49.7 Å². The molecule has 0 aromatic heterocycles. The summed E-state index contributed by atoms with van der Waals surface area (Å²) < 4.78 is 7.33. The van der Waals surface area contributed by atoms with Crippen molar-refractivity contribution in [2.75, 3.05) is 13.2 Å². The molecule has 0 saturated heterocycles. The lowest BCUT2D eigenvalue weighted by atomic mass is 9.49. The molecule has 0 aliphatic heterocycles. The van der Waals surface area contributed by atoms with Crippen LogP contribution >= 0.6 is 0 Å². The molecule has 0 radical (unpaired) electrons. The molecule has 2 unspecified atom stereocenters. The van der Waals surface area contributed by atoms with Crippen LogP contribution in [0.25, 0.3) is 0 Å². The van der Waals surface area contributed by atoms with Gasteiger partial charge in [-0.15, -0.1) is 0 Å². The average Bonchev–Trinajstić information content (AvgIpc) is 3.26.